The predicted molar refractivity (Wildman–Crippen MR) is 45.5 cm³/mol. The maximum absolute atomic E-state index is 12.6. The van der Waals surface area contributed by atoms with E-state index < -0.39 is 23.9 Å². The van der Waals surface area contributed by atoms with Crippen LogP contribution in [0, 0.1) is 6.92 Å². The van der Waals surface area contributed by atoms with Crippen LogP contribution in [0.3, 0.4) is 0 Å². The van der Waals surface area contributed by atoms with Gasteiger partial charge in [0.2, 0.25) is 0 Å². The van der Waals surface area contributed by atoms with E-state index in [2.05, 4.69) is 9.72 Å². The zero-order valence-corrected chi connectivity index (χ0v) is 8.40. The Morgan fingerprint density at radius 3 is 2.25 bits per heavy atom. The van der Waals surface area contributed by atoms with Crippen LogP contribution in [0.5, 0.6) is 5.75 Å². The summed E-state index contributed by atoms with van der Waals surface area (Å²) in [5.41, 5.74) is -3.09. The van der Waals surface area contributed by atoms with E-state index in [1.165, 1.54) is 0 Å². The minimum Gasteiger partial charge on any atom is -0.495 e. The Morgan fingerprint density at radius 1 is 1.31 bits per heavy atom. The largest absolute Gasteiger partial charge is 0.495 e. The number of halogens is 5. The van der Waals surface area contributed by atoms with Gasteiger partial charge in [0, 0.05) is 5.56 Å². The Labute approximate surface area is 88.1 Å². The van der Waals surface area contributed by atoms with Gasteiger partial charge in [0.15, 0.2) is 0 Å². The molecule has 1 aromatic heterocycles. The number of methoxy groups -OCH3 is 1. The van der Waals surface area contributed by atoms with Crippen molar-refractivity contribution in [1.82, 2.24) is 4.98 Å². The Bertz CT molecular complexity index is 388. The number of nitrogens with zero attached hydrogens (tertiary/aromatic N) is 1. The van der Waals surface area contributed by atoms with E-state index in [-0.39, 0.29) is 11.3 Å². The first kappa shape index (κ1) is 12.7. The van der Waals surface area contributed by atoms with Crippen molar-refractivity contribution in [1.29, 1.82) is 0 Å². The summed E-state index contributed by atoms with van der Waals surface area (Å²) >= 11 is 0. The lowest BCUT2D eigenvalue weighted by atomic mass is 10.1. The average molecular weight is 241 g/mol. The predicted octanol–water partition coefficient (Wildman–Crippen LogP) is 3.36. The molecule has 0 radical (unpaired) electrons. The topological polar surface area (TPSA) is 22.1 Å². The van der Waals surface area contributed by atoms with Crippen LogP contribution in [0.4, 0.5) is 22.0 Å². The average Bonchev–Trinajstić information content (AvgIpc) is 2.14. The molecule has 0 spiro atoms. The first-order chi connectivity index (χ1) is 7.29. The number of pyridine rings is 1. The second-order valence-corrected chi connectivity index (χ2v) is 3.01. The molecule has 0 amide bonds. The molecule has 0 saturated carbocycles. The molecular formula is C9H8F5NO. The summed E-state index contributed by atoms with van der Waals surface area (Å²) in [7, 11) is 1.15. The fraction of sp³-hybridized carbons (Fsp3) is 0.444. The van der Waals surface area contributed by atoms with Crippen LogP contribution in [0.1, 0.15) is 23.2 Å². The van der Waals surface area contributed by atoms with Crippen molar-refractivity contribution in [3.8, 4) is 5.75 Å². The second kappa shape index (κ2) is 4.23. The fourth-order valence-corrected chi connectivity index (χ4v) is 1.33. The smallest absolute Gasteiger partial charge is 0.418 e. The van der Waals surface area contributed by atoms with Crippen LogP contribution in [-0.2, 0) is 6.18 Å². The molecule has 0 fully saturated rings. The number of hydrogen-bond donors (Lipinski definition) is 0. The zero-order valence-electron chi connectivity index (χ0n) is 8.40. The van der Waals surface area contributed by atoms with E-state index in [9.17, 15) is 22.0 Å². The maximum atomic E-state index is 12.6. The summed E-state index contributed by atoms with van der Waals surface area (Å²) in [5.74, 6) is -0.170. The Hall–Kier alpha value is -1.40. The molecule has 0 unspecified atom stereocenters. The van der Waals surface area contributed by atoms with E-state index >= 15 is 0 Å². The quantitative estimate of drug-likeness (QED) is 0.740. The molecule has 1 aromatic rings. The van der Waals surface area contributed by atoms with Gasteiger partial charge in [0.05, 0.1) is 18.9 Å². The molecule has 90 valence electrons. The standard InChI is InChI=1S/C9H8F5NO/c1-4-5(16-2)3-15-7(8(10)11)6(4)9(12,13)14/h3,8H,1-2H3. The number of hydrogen-bond acceptors (Lipinski definition) is 2. The summed E-state index contributed by atoms with van der Waals surface area (Å²) < 4.78 is 67.0. The molecule has 0 atom stereocenters. The van der Waals surface area contributed by atoms with Gasteiger partial charge in [0.25, 0.3) is 6.43 Å². The normalized spacial score (nSPS) is 12.0. The summed E-state index contributed by atoms with van der Waals surface area (Å²) in [6.07, 6.45) is -7.30. The van der Waals surface area contributed by atoms with Gasteiger partial charge < -0.3 is 4.74 Å². The van der Waals surface area contributed by atoms with Gasteiger partial charge in [-0.1, -0.05) is 0 Å². The van der Waals surface area contributed by atoms with Crippen molar-refractivity contribution in [2.75, 3.05) is 7.11 Å². The van der Waals surface area contributed by atoms with E-state index in [0.29, 0.717) is 0 Å². The van der Waals surface area contributed by atoms with Crippen LogP contribution in [0.2, 0.25) is 0 Å². The minimum atomic E-state index is -4.88. The third kappa shape index (κ3) is 2.23. The molecular weight excluding hydrogens is 233 g/mol. The van der Waals surface area contributed by atoms with Crippen LogP contribution < -0.4 is 4.74 Å². The lowest BCUT2D eigenvalue weighted by Crippen LogP contribution is -2.14. The molecule has 1 heterocycles. The fourth-order valence-electron chi connectivity index (χ4n) is 1.33. The van der Waals surface area contributed by atoms with Gasteiger partial charge in [-0.05, 0) is 6.92 Å². The molecule has 0 aliphatic carbocycles. The monoisotopic (exact) mass is 241 g/mol. The highest BCUT2D eigenvalue weighted by Crippen LogP contribution is 2.40. The third-order valence-corrected chi connectivity index (χ3v) is 2.03. The van der Waals surface area contributed by atoms with Crippen molar-refractivity contribution in [2.24, 2.45) is 0 Å². The Kier molecular flexibility index (Phi) is 3.35. The van der Waals surface area contributed by atoms with Crippen molar-refractivity contribution in [2.45, 2.75) is 19.5 Å². The highest BCUT2D eigenvalue weighted by atomic mass is 19.4. The molecule has 2 nitrogen and oxygen atoms in total. The van der Waals surface area contributed by atoms with Crippen molar-refractivity contribution in [3.63, 3.8) is 0 Å². The lowest BCUT2D eigenvalue weighted by molar-refractivity contribution is -0.140. The van der Waals surface area contributed by atoms with Crippen LogP contribution in [0.25, 0.3) is 0 Å². The molecule has 16 heavy (non-hydrogen) atoms. The van der Waals surface area contributed by atoms with Gasteiger partial charge in [-0.2, -0.15) is 13.2 Å². The minimum absolute atomic E-state index is 0.170. The van der Waals surface area contributed by atoms with Gasteiger partial charge >= 0.3 is 6.18 Å². The van der Waals surface area contributed by atoms with Crippen LogP contribution >= 0.6 is 0 Å². The molecule has 0 N–H and O–H groups in total. The van der Waals surface area contributed by atoms with Gasteiger partial charge in [-0.15, -0.1) is 0 Å². The lowest BCUT2D eigenvalue weighted by Gasteiger charge is -2.16. The van der Waals surface area contributed by atoms with Crippen LogP contribution in [0.15, 0.2) is 6.20 Å². The van der Waals surface area contributed by atoms with Crippen molar-refractivity contribution >= 4 is 0 Å². The Morgan fingerprint density at radius 2 is 1.88 bits per heavy atom. The molecule has 1 rings (SSSR count). The number of aromatic nitrogens is 1. The maximum Gasteiger partial charge on any atom is 0.418 e. The second-order valence-electron chi connectivity index (χ2n) is 3.01. The number of ether oxygens (including phenoxy) is 1. The summed E-state index contributed by atoms with van der Waals surface area (Å²) in [6, 6.07) is 0. The van der Waals surface area contributed by atoms with Crippen LogP contribution in [-0.4, -0.2) is 12.1 Å². The number of rotatable bonds is 2. The van der Waals surface area contributed by atoms with Crippen molar-refractivity contribution < 1.29 is 26.7 Å². The SMILES string of the molecule is COc1cnc(C(F)F)c(C(F)(F)F)c1C. The molecule has 0 aliphatic rings. The summed E-state index contributed by atoms with van der Waals surface area (Å²) in [6.45, 7) is 1.06. The molecule has 0 saturated heterocycles. The molecule has 7 heteroatoms. The van der Waals surface area contributed by atoms with Gasteiger partial charge in [-0.25, -0.2) is 8.78 Å². The molecule has 0 aromatic carbocycles. The van der Waals surface area contributed by atoms with E-state index in [0.717, 1.165) is 20.2 Å². The van der Waals surface area contributed by atoms with E-state index in [1.807, 2.05) is 0 Å². The van der Waals surface area contributed by atoms with E-state index in [4.69, 9.17) is 0 Å². The first-order valence-corrected chi connectivity index (χ1v) is 4.17. The molecule has 0 bridgehead atoms. The number of alkyl halides is 5. The van der Waals surface area contributed by atoms with Crippen molar-refractivity contribution in [3.05, 3.63) is 23.0 Å². The highest BCUT2D eigenvalue weighted by molar-refractivity contribution is 5.42. The first-order valence-electron chi connectivity index (χ1n) is 4.17. The summed E-state index contributed by atoms with van der Waals surface area (Å²) in [4.78, 5) is 3.08. The summed E-state index contributed by atoms with van der Waals surface area (Å²) in [5, 5.41) is 0. The van der Waals surface area contributed by atoms with E-state index in [1.54, 1.807) is 0 Å². The van der Waals surface area contributed by atoms with Gasteiger partial charge in [-0.3, -0.25) is 4.98 Å². The third-order valence-electron chi connectivity index (χ3n) is 2.03. The zero-order chi connectivity index (χ0) is 12.5. The molecule has 0 aliphatic heterocycles. The highest BCUT2D eigenvalue weighted by Gasteiger charge is 2.39. The van der Waals surface area contributed by atoms with Gasteiger partial charge in [0.1, 0.15) is 11.4 Å². The Balaban J connectivity index is 3.50.